The molecule has 140 valence electrons. The molecule has 1 fully saturated rings. The largest absolute Gasteiger partial charge is 0.492 e. The van der Waals surface area contributed by atoms with Crippen molar-refractivity contribution in [3.8, 4) is 5.75 Å². The summed E-state index contributed by atoms with van der Waals surface area (Å²) in [5.74, 6) is 0.891. The smallest absolute Gasteiger partial charge is 0.407 e. The maximum absolute atomic E-state index is 11.8. The number of carbonyl (C=O) groups excluding carboxylic acids is 1. The predicted octanol–water partition coefficient (Wildman–Crippen LogP) is 4.21. The van der Waals surface area contributed by atoms with Crippen LogP contribution >= 0.6 is 15.9 Å². The monoisotopic (exact) mass is 412 g/mol. The van der Waals surface area contributed by atoms with Gasteiger partial charge in [-0.2, -0.15) is 0 Å². The number of hydrogen-bond donors (Lipinski definition) is 1. The van der Waals surface area contributed by atoms with Gasteiger partial charge < -0.3 is 19.7 Å². The topological polar surface area (TPSA) is 50.8 Å². The lowest BCUT2D eigenvalue weighted by Gasteiger charge is -2.32. The summed E-state index contributed by atoms with van der Waals surface area (Å²) in [4.78, 5) is 14.2. The first-order valence-corrected chi connectivity index (χ1v) is 9.72. The summed E-state index contributed by atoms with van der Waals surface area (Å²) in [6.07, 6.45) is 2.60. The maximum Gasteiger partial charge on any atom is 0.407 e. The number of ether oxygens (including phenoxy) is 2. The number of alkyl carbamates (subject to hydrolysis) is 1. The molecule has 25 heavy (non-hydrogen) atoms. The van der Waals surface area contributed by atoms with Crippen LogP contribution in [-0.4, -0.2) is 48.9 Å². The summed E-state index contributed by atoms with van der Waals surface area (Å²) in [6.45, 7) is 9.36. The number of piperidine rings is 1. The molecule has 1 N–H and O–H groups in total. The number of nitrogens with one attached hydrogen (secondary N) is 1. The van der Waals surface area contributed by atoms with Gasteiger partial charge in [0, 0.05) is 25.7 Å². The fourth-order valence-electron chi connectivity index (χ4n) is 2.81. The minimum atomic E-state index is -0.446. The number of benzene rings is 1. The van der Waals surface area contributed by atoms with Crippen molar-refractivity contribution in [3.63, 3.8) is 0 Å². The van der Waals surface area contributed by atoms with Crippen LogP contribution in [0.1, 0.15) is 40.0 Å². The Bertz CT molecular complexity index is 552. The molecule has 1 aromatic carbocycles. The fraction of sp³-hybridized carbons (Fsp3) is 0.632. The van der Waals surface area contributed by atoms with Gasteiger partial charge in [-0.05, 0) is 68.1 Å². The number of hydrogen-bond acceptors (Lipinski definition) is 4. The van der Waals surface area contributed by atoms with Crippen molar-refractivity contribution in [2.75, 3.05) is 26.2 Å². The number of likely N-dealkylation sites (tertiary alicyclic amines) is 1. The molecule has 1 amide bonds. The van der Waals surface area contributed by atoms with Gasteiger partial charge in [-0.3, -0.25) is 0 Å². The second kappa shape index (κ2) is 9.43. The lowest BCUT2D eigenvalue weighted by molar-refractivity contribution is 0.0478. The summed E-state index contributed by atoms with van der Waals surface area (Å²) >= 11 is 3.49. The van der Waals surface area contributed by atoms with Crippen LogP contribution in [0.2, 0.25) is 0 Å². The number of amides is 1. The van der Waals surface area contributed by atoms with Crippen molar-refractivity contribution in [2.45, 2.75) is 51.7 Å². The van der Waals surface area contributed by atoms with Gasteiger partial charge in [0.15, 0.2) is 0 Å². The highest BCUT2D eigenvalue weighted by atomic mass is 79.9. The Labute approximate surface area is 159 Å². The SMILES string of the molecule is CC(C)(C)OC(=O)NC1CCN(CCCOc2ccccc2Br)CC1. The number of para-hydroxylation sites is 1. The van der Waals surface area contributed by atoms with E-state index in [0.717, 1.165) is 49.1 Å². The third-order valence-electron chi connectivity index (χ3n) is 4.02. The molecule has 0 aliphatic carbocycles. The first kappa shape index (κ1) is 20.0. The second-order valence-corrected chi connectivity index (χ2v) is 8.25. The van der Waals surface area contributed by atoms with Gasteiger partial charge in [0.05, 0.1) is 11.1 Å². The summed E-state index contributed by atoms with van der Waals surface area (Å²) in [7, 11) is 0. The van der Waals surface area contributed by atoms with Crippen molar-refractivity contribution < 1.29 is 14.3 Å². The Morgan fingerprint density at radius 3 is 2.60 bits per heavy atom. The first-order valence-electron chi connectivity index (χ1n) is 8.93. The van der Waals surface area contributed by atoms with Crippen LogP contribution in [0.5, 0.6) is 5.75 Å². The number of carbonyl (C=O) groups is 1. The van der Waals surface area contributed by atoms with Crippen LogP contribution in [0.4, 0.5) is 4.79 Å². The predicted molar refractivity (Wildman–Crippen MR) is 103 cm³/mol. The van der Waals surface area contributed by atoms with Crippen molar-refractivity contribution in [1.29, 1.82) is 0 Å². The van der Waals surface area contributed by atoms with Crippen molar-refractivity contribution in [2.24, 2.45) is 0 Å². The summed E-state index contributed by atoms with van der Waals surface area (Å²) in [6, 6.07) is 8.12. The molecule has 6 heteroatoms. The molecular weight excluding hydrogens is 384 g/mol. The van der Waals surface area contributed by atoms with Crippen molar-refractivity contribution >= 4 is 22.0 Å². The molecule has 0 radical (unpaired) electrons. The zero-order chi connectivity index (χ0) is 18.3. The van der Waals surface area contributed by atoms with E-state index in [1.165, 1.54) is 0 Å². The van der Waals surface area contributed by atoms with E-state index in [9.17, 15) is 4.79 Å². The normalized spacial score (nSPS) is 16.5. The van der Waals surface area contributed by atoms with E-state index >= 15 is 0 Å². The van der Waals surface area contributed by atoms with Crippen LogP contribution in [0.15, 0.2) is 28.7 Å². The molecule has 0 aromatic heterocycles. The number of halogens is 1. The third kappa shape index (κ3) is 7.65. The van der Waals surface area contributed by atoms with Crippen LogP contribution in [0, 0.1) is 0 Å². The Hall–Kier alpha value is -1.27. The number of rotatable bonds is 6. The van der Waals surface area contributed by atoms with E-state index in [1.54, 1.807) is 0 Å². The molecule has 1 aliphatic rings. The zero-order valence-electron chi connectivity index (χ0n) is 15.4. The highest BCUT2D eigenvalue weighted by Crippen LogP contribution is 2.23. The maximum atomic E-state index is 11.8. The lowest BCUT2D eigenvalue weighted by Crippen LogP contribution is -2.46. The van der Waals surface area contributed by atoms with Gasteiger partial charge in [-0.1, -0.05) is 12.1 Å². The van der Waals surface area contributed by atoms with E-state index < -0.39 is 5.60 Å². The molecule has 0 atom stereocenters. The lowest BCUT2D eigenvalue weighted by atomic mass is 10.1. The molecule has 0 unspecified atom stereocenters. The molecule has 5 nitrogen and oxygen atoms in total. The average molecular weight is 413 g/mol. The molecule has 1 heterocycles. The van der Waals surface area contributed by atoms with Gasteiger partial charge in [-0.15, -0.1) is 0 Å². The molecule has 1 aliphatic heterocycles. The van der Waals surface area contributed by atoms with Crippen molar-refractivity contribution in [3.05, 3.63) is 28.7 Å². The molecule has 1 saturated heterocycles. The van der Waals surface area contributed by atoms with Gasteiger partial charge in [0.1, 0.15) is 11.4 Å². The van der Waals surface area contributed by atoms with E-state index in [2.05, 4.69) is 26.1 Å². The summed E-state index contributed by atoms with van der Waals surface area (Å²) < 4.78 is 12.1. The van der Waals surface area contributed by atoms with Gasteiger partial charge in [-0.25, -0.2) is 4.79 Å². The quantitative estimate of drug-likeness (QED) is 0.710. The highest BCUT2D eigenvalue weighted by Gasteiger charge is 2.23. The van der Waals surface area contributed by atoms with Crippen molar-refractivity contribution in [1.82, 2.24) is 10.2 Å². The standard InChI is InChI=1S/C19H29BrN2O3/c1-19(2,3)25-18(23)21-15-9-12-22(13-10-15)11-6-14-24-17-8-5-4-7-16(17)20/h4-5,7-8,15H,6,9-14H2,1-3H3,(H,21,23). The van der Waals surface area contributed by atoms with E-state index in [1.807, 2.05) is 45.0 Å². The first-order chi connectivity index (χ1) is 11.8. The molecular formula is C19H29BrN2O3. The van der Waals surface area contributed by atoms with E-state index in [0.29, 0.717) is 6.61 Å². The van der Waals surface area contributed by atoms with Crippen LogP contribution in [0.3, 0.4) is 0 Å². The van der Waals surface area contributed by atoms with Gasteiger partial charge in [0.25, 0.3) is 0 Å². The Balaban J connectivity index is 1.59. The Morgan fingerprint density at radius 2 is 1.96 bits per heavy atom. The molecule has 0 saturated carbocycles. The molecule has 0 bridgehead atoms. The summed E-state index contributed by atoms with van der Waals surface area (Å²) in [5, 5.41) is 2.97. The average Bonchev–Trinajstić information content (AvgIpc) is 2.53. The molecule has 1 aromatic rings. The minimum absolute atomic E-state index is 0.211. The third-order valence-corrected chi connectivity index (χ3v) is 4.68. The van der Waals surface area contributed by atoms with E-state index in [4.69, 9.17) is 9.47 Å². The van der Waals surface area contributed by atoms with Gasteiger partial charge in [0.2, 0.25) is 0 Å². The number of nitrogens with zero attached hydrogens (tertiary/aromatic N) is 1. The van der Waals surface area contributed by atoms with Crippen LogP contribution < -0.4 is 10.1 Å². The minimum Gasteiger partial charge on any atom is -0.492 e. The zero-order valence-corrected chi connectivity index (χ0v) is 17.0. The van der Waals surface area contributed by atoms with Gasteiger partial charge >= 0.3 is 6.09 Å². The van der Waals surface area contributed by atoms with Crippen LogP contribution in [-0.2, 0) is 4.74 Å². The van der Waals surface area contributed by atoms with Crippen LogP contribution in [0.25, 0.3) is 0 Å². The fourth-order valence-corrected chi connectivity index (χ4v) is 3.21. The Morgan fingerprint density at radius 1 is 1.28 bits per heavy atom. The molecule has 0 spiro atoms. The summed E-state index contributed by atoms with van der Waals surface area (Å²) in [5.41, 5.74) is -0.446. The van der Waals surface area contributed by atoms with E-state index in [-0.39, 0.29) is 12.1 Å². The highest BCUT2D eigenvalue weighted by molar-refractivity contribution is 9.10. The Kier molecular flexibility index (Phi) is 7.56. The molecule has 2 rings (SSSR count). The second-order valence-electron chi connectivity index (χ2n) is 7.39.